The summed E-state index contributed by atoms with van der Waals surface area (Å²) in [5, 5.41) is 13.1. The van der Waals surface area contributed by atoms with Gasteiger partial charge in [-0.3, -0.25) is 0 Å². The second kappa shape index (κ2) is 4.21. The fourth-order valence-corrected chi connectivity index (χ4v) is 2.54. The summed E-state index contributed by atoms with van der Waals surface area (Å²) in [5.74, 6) is 0. The van der Waals surface area contributed by atoms with Crippen LogP contribution in [0, 0.1) is 18.3 Å². The number of fused-ring (bicyclic) bond motifs is 1. The molecular weight excluding hydrogens is 242 g/mol. The highest BCUT2D eigenvalue weighted by Crippen LogP contribution is 2.29. The highest BCUT2D eigenvalue weighted by Gasteiger charge is 2.09. The van der Waals surface area contributed by atoms with Crippen LogP contribution in [0.4, 0.5) is 0 Å². The predicted molar refractivity (Wildman–Crippen MR) is 72.3 cm³/mol. The minimum atomic E-state index is 0.425. The number of hydrogen-bond acceptors (Lipinski definition) is 4. The van der Waals surface area contributed by atoms with Crippen LogP contribution in [0.15, 0.2) is 35.7 Å². The first-order valence-electron chi connectivity index (χ1n) is 5.50. The number of pyridine rings is 1. The topological polar surface area (TPSA) is 49.6 Å². The number of nitrogens with zero attached hydrogens (tertiary/aromatic N) is 3. The van der Waals surface area contributed by atoms with Crippen LogP contribution in [0.2, 0.25) is 0 Å². The van der Waals surface area contributed by atoms with Gasteiger partial charge < -0.3 is 0 Å². The molecule has 3 aromatic rings. The summed E-state index contributed by atoms with van der Waals surface area (Å²) in [6, 6.07) is 11.7. The average molecular weight is 251 g/mol. The lowest BCUT2D eigenvalue weighted by Crippen LogP contribution is -1.89. The number of benzene rings is 1. The van der Waals surface area contributed by atoms with E-state index in [9.17, 15) is 0 Å². The number of hydrogen-bond donors (Lipinski definition) is 0. The Morgan fingerprint density at radius 1 is 1.22 bits per heavy atom. The van der Waals surface area contributed by atoms with E-state index in [-0.39, 0.29) is 0 Å². The van der Waals surface area contributed by atoms with E-state index in [0.717, 1.165) is 27.2 Å². The Bertz CT molecular complexity index is 768. The molecule has 0 saturated heterocycles. The van der Waals surface area contributed by atoms with Crippen molar-refractivity contribution >= 4 is 22.2 Å². The smallest absolute Gasteiger partial charge is 0.141 e. The summed E-state index contributed by atoms with van der Waals surface area (Å²) in [5.41, 5.74) is 3.14. The van der Waals surface area contributed by atoms with Gasteiger partial charge in [-0.15, -0.1) is 11.3 Å². The number of rotatable bonds is 1. The molecule has 3 nitrogen and oxygen atoms in total. The first-order chi connectivity index (χ1) is 8.78. The number of thiazole rings is 1. The van der Waals surface area contributed by atoms with Crippen molar-refractivity contribution in [2.45, 2.75) is 6.92 Å². The van der Waals surface area contributed by atoms with Crippen LogP contribution < -0.4 is 0 Å². The minimum Gasteiger partial charge on any atom is -0.242 e. The van der Waals surface area contributed by atoms with Gasteiger partial charge in [-0.05, 0) is 19.1 Å². The van der Waals surface area contributed by atoms with Crippen molar-refractivity contribution in [3.05, 3.63) is 46.4 Å². The molecule has 0 aliphatic heterocycles. The van der Waals surface area contributed by atoms with E-state index in [0.29, 0.717) is 5.69 Å². The normalized spacial score (nSPS) is 10.4. The first kappa shape index (κ1) is 10.9. The van der Waals surface area contributed by atoms with Gasteiger partial charge in [-0.25, -0.2) is 9.97 Å². The van der Waals surface area contributed by atoms with Crippen molar-refractivity contribution in [2.75, 3.05) is 0 Å². The van der Waals surface area contributed by atoms with E-state index in [1.807, 2.05) is 36.6 Å². The second-order valence-electron chi connectivity index (χ2n) is 3.94. The summed E-state index contributed by atoms with van der Waals surface area (Å²) >= 11 is 1.61. The molecule has 2 heterocycles. The van der Waals surface area contributed by atoms with Gasteiger partial charge in [-0.2, -0.15) is 5.26 Å². The molecule has 0 spiro atoms. The van der Waals surface area contributed by atoms with Crippen LogP contribution in [0.5, 0.6) is 0 Å². The van der Waals surface area contributed by atoms with Crippen molar-refractivity contribution in [1.29, 1.82) is 5.26 Å². The monoisotopic (exact) mass is 251 g/mol. The highest BCUT2D eigenvalue weighted by atomic mass is 32.1. The fourth-order valence-electron chi connectivity index (χ4n) is 1.93. The molecule has 3 rings (SSSR count). The number of para-hydroxylation sites is 1. The summed E-state index contributed by atoms with van der Waals surface area (Å²) in [6.45, 7) is 1.97. The fraction of sp³-hybridized carbons (Fsp3) is 0.0714. The zero-order chi connectivity index (χ0) is 12.5. The van der Waals surface area contributed by atoms with E-state index in [4.69, 9.17) is 5.26 Å². The molecule has 0 radical (unpaired) electrons. The molecule has 0 bridgehead atoms. The lowest BCUT2D eigenvalue weighted by molar-refractivity contribution is 1.28. The maximum atomic E-state index is 9.04. The summed E-state index contributed by atoms with van der Waals surface area (Å²) in [6.07, 6.45) is 0. The minimum absolute atomic E-state index is 0.425. The van der Waals surface area contributed by atoms with Crippen molar-refractivity contribution in [3.63, 3.8) is 0 Å². The van der Waals surface area contributed by atoms with Crippen LogP contribution in [0.25, 0.3) is 22.2 Å². The van der Waals surface area contributed by atoms with E-state index < -0.39 is 0 Å². The quantitative estimate of drug-likeness (QED) is 0.664. The average Bonchev–Trinajstić information content (AvgIpc) is 2.84. The van der Waals surface area contributed by atoms with Gasteiger partial charge in [-0.1, -0.05) is 18.2 Å². The molecule has 0 saturated carbocycles. The number of nitriles is 1. The predicted octanol–water partition coefficient (Wildman–Crippen LogP) is 3.54. The molecule has 0 aliphatic rings. The van der Waals surface area contributed by atoms with Crippen molar-refractivity contribution < 1.29 is 0 Å². The zero-order valence-electron chi connectivity index (χ0n) is 9.71. The molecule has 0 atom stereocenters. The third kappa shape index (κ3) is 1.75. The number of aromatic nitrogens is 2. The Balaban J connectivity index is 2.36. The molecule has 1 aromatic carbocycles. The van der Waals surface area contributed by atoms with Crippen molar-refractivity contribution in [2.24, 2.45) is 0 Å². The SMILES string of the molecule is Cc1nc(-c2cc(C#N)nc3ccccc23)cs1. The van der Waals surface area contributed by atoms with Crippen molar-refractivity contribution in [3.8, 4) is 17.3 Å². The van der Waals surface area contributed by atoms with Crippen LogP contribution in [-0.4, -0.2) is 9.97 Å². The Morgan fingerprint density at radius 3 is 2.78 bits per heavy atom. The molecule has 0 N–H and O–H groups in total. The van der Waals surface area contributed by atoms with Gasteiger partial charge in [0.05, 0.1) is 16.2 Å². The van der Waals surface area contributed by atoms with Crippen LogP contribution in [0.1, 0.15) is 10.7 Å². The third-order valence-electron chi connectivity index (χ3n) is 2.73. The molecule has 0 unspecified atom stereocenters. The molecule has 0 amide bonds. The second-order valence-corrected chi connectivity index (χ2v) is 5.00. The molecule has 18 heavy (non-hydrogen) atoms. The summed E-state index contributed by atoms with van der Waals surface area (Å²) in [4.78, 5) is 8.79. The Kier molecular flexibility index (Phi) is 2.54. The standard InChI is InChI=1S/C14H9N3S/c1-9-16-14(8-18-9)12-6-10(7-15)17-13-5-3-2-4-11(12)13/h2-6,8H,1H3. The third-order valence-corrected chi connectivity index (χ3v) is 3.50. The van der Waals surface area contributed by atoms with Crippen LogP contribution >= 0.6 is 11.3 Å². The van der Waals surface area contributed by atoms with Gasteiger partial charge in [0.15, 0.2) is 0 Å². The Morgan fingerprint density at radius 2 is 2.06 bits per heavy atom. The van der Waals surface area contributed by atoms with Crippen LogP contribution in [-0.2, 0) is 0 Å². The maximum Gasteiger partial charge on any atom is 0.141 e. The summed E-state index contributed by atoms with van der Waals surface area (Å²) in [7, 11) is 0. The first-order valence-corrected chi connectivity index (χ1v) is 6.38. The molecule has 2 aromatic heterocycles. The van der Waals surface area contributed by atoms with Gasteiger partial charge in [0.1, 0.15) is 11.8 Å². The van der Waals surface area contributed by atoms with Gasteiger partial charge in [0.25, 0.3) is 0 Å². The Hall–Kier alpha value is -2.25. The lowest BCUT2D eigenvalue weighted by Gasteiger charge is -2.04. The highest BCUT2D eigenvalue weighted by molar-refractivity contribution is 7.09. The molecule has 0 fully saturated rings. The van der Waals surface area contributed by atoms with E-state index in [2.05, 4.69) is 16.0 Å². The zero-order valence-corrected chi connectivity index (χ0v) is 10.5. The van der Waals surface area contributed by atoms with Crippen LogP contribution in [0.3, 0.4) is 0 Å². The Labute approximate surface area is 108 Å². The maximum absolute atomic E-state index is 9.04. The molecule has 86 valence electrons. The van der Waals surface area contributed by atoms with Gasteiger partial charge >= 0.3 is 0 Å². The van der Waals surface area contributed by atoms with Gasteiger partial charge in [0.2, 0.25) is 0 Å². The molecule has 0 aliphatic carbocycles. The van der Waals surface area contributed by atoms with E-state index in [1.165, 1.54) is 0 Å². The molecular formula is C14H9N3S. The summed E-state index contributed by atoms with van der Waals surface area (Å²) < 4.78 is 0. The molecule has 4 heteroatoms. The van der Waals surface area contributed by atoms with E-state index in [1.54, 1.807) is 17.4 Å². The van der Waals surface area contributed by atoms with Crippen molar-refractivity contribution in [1.82, 2.24) is 9.97 Å². The largest absolute Gasteiger partial charge is 0.242 e. The van der Waals surface area contributed by atoms with Gasteiger partial charge in [0, 0.05) is 16.3 Å². The van der Waals surface area contributed by atoms with E-state index >= 15 is 0 Å². The number of aryl methyl sites for hydroxylation is 1. The lowest BCUT2D eigenvalue weighted by atomic mass is 10.1.